The number of aromatic nitrogens is 3. The SMILES string of the molecule is COc1ccc(CO[C@H]2C[C@@H](NC(=O)c3cnc4c(N(C)C(=O)O)cc(Cl)nn34)C2)cc1[N+](=O)[O-]. The Morgan fingerprint density at radius 3 is 2.77 bits per heavy atom. The molecule has 3 aromatic rings. The van der Waals surface area contributed by atoms with Crippen molar-refractivity contribution in [2.45, 2.75) is 31.6 Å². The Labute approximate surface area is 203 Å². The van der Waals surface area contributed by atoms with Crippen LogP contribution in [0.15, 0.2) is 30.5 Å². The number of amides is 2. The fourth-order valence-corrected chi connectivity index (χ4v) is 3.87. The van der Waals surface area contributed by atoms with Gasteiger partial charge >= 0.3 is 11.8 Å². The summed E-state index contributed by atoms with van der Waals surface area (Å²) in [5.74, 6) is -0.263. The molecular formula is C21H21ClN6O7. The molecular weight excluding hydrogens is 484 g/mol. The third kappa shape index (κ3) is 4.95. The number of ether oxygens (including phenoxy) is 2. The number of hydrogen-bond donors (Lipinski definition) is 2. The van der Waals surface area contributed by atoms with E-state index in [4.69, 9.17) is 21.1 Å². The number of carbonyl (C=O) groups excluding carboxylic acids is 1. The number of carbonyl (C=O) groups is 2. The summed E-state index contributed by atoms with van der Waals surface area (Å²) >= 11 is 6.03. The van der Waals surface area contributed by atoms with Crippen LogP contribution in [0.4, 0.5) is 16.2 Å². The van der Waals surface area contributed by atoms with Gasteiger partial charge in [-0.2, -0.15) is 5.10 Å². The van der Waals surface area contributed by atoms with Crippen molar-refractivity contribution in [3.05, 3.63) is 57.0 Å². The van der Waals surface area contributed by atoms with Crippen molar-refractivity contribution >= 4 is 40.6 Å². The third-order valence-corrected chi connectivity index (χ3v) is 5.84. The van der Waals surface area contributed by atoms with Gasteiger partial charge in [-0.25, -0.2) is 14.3 Å². The van der Waals surface area contributed by atoms with Crippen LogP contribution < -0.4 is 15.0 Å². The summed E-state index contributed by atoms with van der Waals surface area (Å²) in [7, 11) is 2.70. The Morgan fingerprint density at radius 2 is 2.11 bits per heavy atom. The zero-order valence-corrected chi connectivity index (χ0v) is 19.4. The number of fused-ring (bicyclic) bond motifs is 1. The lowest BCUT2D eigenvalue weighted by molar-refractivity contribution is -0.385. The number of imidazole rings is 1. The number of hydrogen-bond acceptors (Lipinski definition) is 8. The van der Waals surface area contributed by atoms with Gasteiger partial charge in [0.2, 0.25) is 0 Å². The molecule has 1 saturated carbocycles. The molecule has 0 saturated heterocycles. The Morgan fingerprint density at radius 1 is 1.37 bits per heavy atom. The van der Waals surface area contributed by atoms with Crippen molar-refractivity contribution in [2.24, 2.45) is 0 Å². The first-order valence-corrected chi connectivity index (χ1v) is 10.8. The van der Waals surface area contributed by atoms with Crippen LogP contribution in [0.3, 0.4) is 0 Å². The van der Waals surface area contributed by atoms with Crippen molar-refractivity contribution in [3.63, 3.8) is 0 Å². The number of halogens is 1. The molecule has 1 fully saturated rings. The lowest BCUT2D eigenvalue weighted by atomic mass is 9.89. The topological polar surface area (TPSA) is 161 Å². The maximum atomic E-state index is 12.8. The minimum absolute atomic E-state index is 0.00327. The zero-order chi connectivity index (χ0) is 25.3. The van der Waals surface area contributed by atoms with Gasteiger partial charge in [-0.1, -0.05) is 17.7 Å². The smallest absolute Gasteiger partial charge is 0.411 e. The van der Waals surface area contributed by atoms with Crippen LogP contribution in [0.2, 0.25) is 5.15 Å². The van der Waals surface area contributed by atoms with Crippen molar-refractivity contribution in [3.8, 4) is 5.75 Å². The van der Waals surface area contributed by atoms with Crippen molar-refractivity contribution in [2.75, 3.05) is 19.1 Å². The fraction of sp³-hybridized carbons (Fsp3) is 0.333. The van der Waals surface area contributed by atoms with E-state index in [2.05, 4.69) is 15.4 Å². The number of benzene rings is 1. The number of anilines is 1. The van der Waals surface area contributed by atoms with E-state index >= 15 is 0 Å². The second-order valence-corrected chi connectivity index (χ2v) is 8.30. The Hall–Kier alpha value is -3.97. The summed E-state index contributed by atoms with van der Waals surface area (Å²) < 4.78 is 12.0. The van der Waals surface area contributed by atoms with E-state index in [1.54, 1.807) is 6.07 Å². The molecule has 0 atom stereocenters. The van der Waals surface area contributed by atoms with Crippen LogP contribution in [0.25, 0.3) is 5.65 Å². The van der Waals surface area contributed by atoms with Crippen molar-refractivity contribution in [1.82, 2.24) is 19.9 Å². The van der Waals surface area contributed by atoms with E-state index in [9.17, 15) is 24.8 Å². The van der Waals surface area contributed by atoms with Gasteiger partial charge in [0.15, 0.2) is 22.2 Å². The summed E-state index contributed by atoms with van der Waals surface area (Å²) in [4.78, 5) is 39.9. The predicted molar refractivity (Wildman–Crippen MR) is 123 cm³/mol. The minimum Gasteiger partial charge on any atom is -0.490 e. The number of nitro benzene ring substituents is 1. The van der Waals surface area contributed by atoms with Crippen molar-refractivity contribution < 1.29 is 29.1 Å². The highest BCUT2D eigenvalue weighted by atomic mass is 35.5. The van der Waals surface area contributed by atoms with E-state index in [-0.39, 0.29) is 52.4 Å². The molecule has 13 nitrogen and oxygen atoms in total. The van der Waals surface area contributed by atoms with Crippen LogP contribution in [0.1, 0.15) is 28.9 Å². The molecule has 1 aliphatic carbocycles. The van der Waals surface area contributed by atoms with Crippen LogP contribution in [0, 0.1) is 10.1 Å². The maximum Gasteiger partial charge on any atom is 0.411 e. The molecule has 2 heterocycles. The number of nitrogens with one attached hydrogen (secondary N) is 1. The average molecular weight is 505 g/mol. The van der Waals surface area contributed by atoms with Crippen LogP contribution >= 0.6 is 11.6 Å². The summed E-state index contributed by atoms with van der Waals surface area (Å²) in [5.41, 5.74) is 0.977. The maximum absolute atomic E-state index is 12.8. The highest BCUT2D eigenvalue weighted by molar-refractivity contribution is 6.29. The molecule has 2 N–H and O–H groups in total. The van der Waals surface area contributed by atoms with E-state index in [1.165, 1.54) is 43.1 Å². The number of methoxy groups -OCH3 is 1. The molecule has 0 radical (unpaired) electrons. The van der Waals surface area contributed by atoms with Gasteiger partial charge < -0.3 is 19.9 Å². The number of nitrogens with zero attached hydrogens (tertiary/aromatic N) is 5. The van der Waals surface area contributed by atoms with Crippen LogP contribution in [0.5, 0.6) is 5.75 Å². The highest BCUT2D eigenvalue weighted by Gasteiger charge is 2.32. The monoisotopic (exact) mass is 504 g/mol. The van der Waals surface area contributed by atoms with Crippen molar-refractivity contribution in [1.29, 1.82) is 0 Å². The van der Waals surface area contributed by atoms with Gasteiger partial charge in [0.05, 0.1) is 36.6 Å². The number of carboxylic acid groups (broad SMARTS) is 1. The number of rotatable bonds is 8. The Balaban J connectivity index is 1.35. The summed E-state index contributed by atoms with van der Waals surface area (Å²) in [6.07, 6.45) is 1.08. The molecule has 184 valence electrons. The van der Waals surface area contributed by atoms with Gasteiger partial charge in [0, 0.05) is 25.2 Å². The van der Waals surface area contributed by atoms with E-state index < -0.39 is 16.9 Å². The molecule has 2 aromatic heterocycles. The molecule has 35 heavy (non-hydrogen) atoms. The third-order valence-electron chi connectivity index (χ3n) is 5.66. The van der Waals surface area contributed by atoms with Crippen LogP contribution in [-0.4, -0.2) is 62.9 Å². The Bertz CT molecular complexity index is 1310. The Kier molecular flexibility index (Phi) is 6.71. The van der Waals surface area contributed by atoms with E-state index in [0.29, 0.717) is 18.4 Å². The molecule has 14 heteroatoms. The first-order valence-electron chi connectivity index (χ1n) is 10.4. The largest absolute Gasteiger partial charge is 0.490 e. The quantitative estimate of drug-likeness (QED) is 0.347. The first-order chi connectivity index (χ1) is 16.7. The lowest BCUT2D eigenvalue weighted by Gasteiger charge is -2.35. The molecule has 1 aliphatic rings. The normalized spacial score (nSPS) is 17.0. The molecule has 0 aliphatic heterocycles. The summed E-state index contributed by atoms with van der Waals surface area (Å²) in [5, 5.41) is 27.4. The standard InChI is InChI=1S/C21H21ClN6O7/c1-26(21(30)31)15-8-18(22)25-27-16(9-23-19(15)27)20(29)24-12-6-13(7-12)35-10-11-3-4-17(34-2)14(5-11)28(32)33/h3-5,8-9,12-13H,6-7,10H2,1-2H3,(H,24,29)(H,30,31)/t12-,13+. The molecule has 0 bridgehead atoms. The molecule has 0 unspecified atom stereocenters. The second kappa shape index (κ2) is 9.72. The van der Waals surface area contributed by atoms with Gasteiger partial charge in [0.25, 0.3) is 5.91 Å². The average Bonchev–Trinajstić information content (AvgIpc) is 3.22. The summed E-state index contributed by atoms with van der Waals surface area (Å²) in [6, 6.07) is 5.84. The molecule has 0 spiro atoms. The van der Waals surface area contributed by atoms with Gasteiger partial charge in [-0.3, -0.25) is 19.8 Å². The molecule has 2 amide bonds. The molecule has 4 rings (SSSR count). The first kappa shape index (κ1) is 24.2. The molecule has 1 aromatic carbocycles. The van der Waals surface area contributed by atoms with E-state index in [1.807, 2.05) is 0 Å². The van der Waals surface area contributed by atoms with Gasteiger partial charge in [-0.05, 0) is 24.5 Å². The van der Waals surface area contributed by atoms with E-state index in [0.717, 1.165) is 4.90 Å². The van der Waals surface area contributed by atoms with Crippen LogP contribution in [-0.2, 0) is 11.3 Å². The number of nitro groups is 1. The lowest BCUT2D eigenvalue weighted by Crippen LogP contribution is -2.48. The second-order valence-electron chi connectivity index (χ2n) is 7.91. The summed E-state index contributed by atoms with van der Waals surface area (Å²) in [6.45, 7) is 0.186. The van der Waals surface area contributed by atoms with Gasteiger partial charge in [-0.15, -0.1) is 0 Å². The van der Waals surface area contributed by atoms with Gasteiger partial charge in [0.1, 0.15) is 0 Å². The fourth-order valence-electron chi connectivity index (χ4n) is 3.69. The predicted octanol–water partition coefficient (Wildman–Crippen LogP) is 2.89. The zero-order valence-electron chi connectivity index (χ0n) is 18.7. The highest BCUT2D eigenvalue weighted by Crippen LogP contribution is 2.30. The minimum atomic E-state index is -1.21.